The molecule has 5 N–H and O–H groups in total. The van der Waals surface area contributed by atoms with E-state index in [4.69, 9.17) is 17.0 Å². The van der Waals surface area contributed by atoms with Gasteiger partial charge in [0.2, 0.25) is 0 Å². The fourth-order valence-corrected chi connectivity index (χ4v) is 3.14. The van der Waals surface area contributed by atoms with Crippen LogP contribution in [0.5, 0.6) is 0 Å². The predicted octanol–water partition coefficient (Wildman–Crippen LogP) is 6.11. The lowest BCUT2D eigenvalue weighted by Crippen LogP contribution is -2.36. The highest BCUT2D eigenvalue weighted by Gasteiger charge is 2.13. The molecule has 0 saturated heterocycles. The Labute approximate surface area is 234 Å². The molecule has 212 valence electrons. The number of aliphatic imine (C=N–C) groups is 1. The van der Waals surface area contributed by atoms with E-state index in [0.29, 0.717) is 36.2 Å². The normalized spacial score (nSPS) is 11.7. The molecule has 9 heteroatoms. The van der Waals surface area contributed by atoms with Crippen LogP contribution in [0.3, 0.4) is 0 Å². The van der Waals surface area contributed by atoms with Gasteiger partial charge in [-0.25, -0.2) is 14.8 Å². The molecule has 0 radical (unpaired) electrons. The molecule has 38 heavy (non-hydrogen) atoms. The predicted molar refractivity (Wildman–Crippen MR) is 165 cm³/mol. The van der Waals surface area contributed by atoms with Crippen molar-refractivity contribution in [3.8, 4) is 0 Å². The van der Waals surface area contributed by atoms with Gasteiger partial charge in [0, 0.05) is 32.4 Å². The topological polar surface area (TPSA) is 102 Å². The summed E-state index contributed by atoms with van der Waals surface area (Å²) >= 11 is 5.77. The van der Waals surface area contributed by atoms with Gasteiger partial charge >= 0.3 is 0 Å². The van der Waals surface area contributed by atoms with Crippen molar-refractivity contribution >= 4 is 28.8 Å². The largest absolute Gasteiger partial charge is 0.394 e. The number of nitrogens with one attached hydrogen (secondary N) is 3. The number of hydrazine groups is 1. The Morgan fingerprint density at radius 1 is 1.16 bits per heavy atom. The van der Waals surface area contributed by atoms with Gasteiger partial charge < -0.3 is 16.5 Å². The van der Waals surface area contributed by atoms with Gasteiger partial charge in [-0.15, -0.1) is 0 Å². The molecule has 1 atom stereocenters. The van der Waals surface area contributed by atoms with E-state index in [2.05, 4.69) is 52.5 Å². The summed E-state index contributed by atoms with van der Waals surface area (Å²) in [6, 6.07) is 10.6. The molecule has 7 nitrogen and oxygen atoms in total. The summed E-state index contributed by atoms with van der Waals surface area (Å²) in [5.74, 6) is 1.09. The number of hydrogen-bond acceptors (Lipinski definition) is 7. The van der Waals surface area contributed by atoms with E-state index in [1.165, 1.54) is 24.9 Å². The van der Waals surface area contributed by atoms with Crippen LogP contribution in [0.4, 0.5) is 10.2 Å². The summed E-state index contributed by atoms with van der Waals surface area (Å²) in [5.41, 5.74) is 10.6. The number of halogens is 2. The molecule has 1 aromatic carbocycles. The zero-order valence-corrected chi connectivity index (χ0v) is 25.0. The molecule has 0 bridgehead atoms. The van der Waals surface area contributed by atoms with E-state index in [0.717, 1.165) is 11.4 Å². The van der Waals surface area contributed by atoms with E-state index in [1.807, 2.05) is 43.4 Å². The monoisotopic (exact) mass is 547 g/mol. The van der Waals surface area contributed by atoms with Crippen LogP contribution in [-0.2, 0) is 13.0 Å². The van der Waals surface area contributed by atoms with Crippen molar-refractivity contribution in [2.45, 2.75) is 47.6 Å². The van der Waals surface area contributed by atoms with Gasteiger partial charge in [0.1, 0.15) is 11.6 Å². The summed E-state index contributed by atoms with van der Waals surface area (Å²) < 4.78 is 13.9. The minimum atomic E-state index is -0.229. The highest BCUT2D eigenvalue weighted by atomic mass is 35.5. The third-order valence-corrected chi connectivity index (χ3v) is 5.08. The highest BCUT2D eigenvalue weighted by Crippen LogP contribution is 2.19. The molecule has 0 spiro atoms. The first-order valence-electron chi connectivity index (χ1n) is 12.5. The van der Waals surface area contributed by atoms with Crippen molar-refractivity contribution in [1.82, 2.24) is 15.7 Å². The second kappa shape index (κ2) is 24.3. The maximum atomic E-state index is 13.9. The Balaban J connectivity index is 0. The molecular formula is C29H47ClFN7. The number of nitrogens with zero attached hydrogens (tertiary/aromatic N) is 3. The Kier molecular flexibility index (Phi) is 23.7. The molecule has 0 aliphatic heterocycles. The SMILES string of the molecule is C/C=C\C(C)/C(C)=C/NC.CC=N.CN.CNN(Cc1ccccc1F)c1ncccc1CCN=C(C)Cl. The van der Waals surface area contributed by atoms with Crippen molar-refractivity contribution in [3.05, 3.63) is 83.5 Å². The second-order valence-electron chi connectivity index (χ2n) is 7.80. The molecule has 1 aromatic heterocycles. The van der Waals surface area contributed by atoms with E-state index in [-0.39, 0.29) is 5.82 Å². The molecule has 2 aromatic rings. The zero-order chi connectivity index (χ0) is 29.3. The van der Waals surface area contributed by atoms with Crippen LogP contribution in [0.25, 0.3) is 0 Å². The molecule has 0 aliphatic rings. The molecule has 2 rings (SSSR count). The number of anilines is 1. The van der Waals surface area contributed by atoms with E-state index >= 15 is 0 Å². The molecule has 0 saturated carbocycles. The highest BCUT2D eigenvalue weighted by molar-refractivity contribution is 6.64. The van der Waals surface area contributed by atoms with Crippen molar-refractivity contribution in [3.63, 3.8) is 0 Å². The van der Waals surface area contributed by atoms with Gasteiger partial charge in [-0.2, -0.15) is 0 Å². The van der Waals surface area contributed by atoms with Crippen LogP contribution >= 0.6 is 11.6 Å². The Bertz CT molecular complexity index is 973. The van der Waals surface area contributed by atoms with E-state index in [9.17, 15) is 4.39 Å². The summed E-state index contributed by atoms with van der Waals surface area (Å²) in [5, 5.41) is 11.5. The Morgan fingerprint density at radius 2 is 1.76 bits per heavy atom. The number of benzene rings is 1. The van der Waals surface area contributed by atoms with Crippen LogP contribution in [0, 0.1) is 17.1 Å². The number of pyridine rings is 1. The Morgan fingerprint density at radius 3 is 2.29 bits per heavy atom. The maximum Gasteiger partial charge on any atom is 0.146 e. The van der Waals surface area contributed by atoms with Crippen molar-refractivity contribution in [2.24, 2.45) is 16.6 Å². The number of hydrogen-bond donors (Lipinski definition) is 4. The summed E-state index contributed by atoms with van der Waals surface area (Å²) in [6.45, 7) is 10.7. The van der Waals surface area contributed by atoms with E-state index in [1.54, 1.807) is 39.2 Å². The smallest absolute Gasteiger partial charge is 0.146 e. The first-order chi connectivity index (χ1) is 18.2. The van der Waals surface area contributed by atoms with Crippen LogP contribution in [-0.4, -0.2) is 44.1 Å². The molecule has 1 heterocycles. The van der Waals surface area contributed by atoms with Gasteiger partial charge in [0.25, 0.3) is 0 Å². The van der Waals surface area contributed by atoms with E-state index < -0.39 is 0 Å². The molecular weight excluding hydrogens is 501 g/mol. The minimum Gasteiger partial charge on any atom is -0.394 e. The average Bonchev–Trinajstić information content (AvgIpc) is 2.91. The van der Waals surface area contributed by atoms with Crippen LogP contribution < -0.4 is 21.5 Å². The summed E-state index contributed by atoms with van der Waals surface area (Å²) in [4.78, 5) is 8.63. The Hall–Kier alpha value is -3.07. The van der Waals surface area contributed by atoms with Gasteiger partial charge in [-0.05, 0) is 77.2 Å². The average molecular weight is 548 g/mol. The maximum absolute atomic E-state index is 13.9. The van der Waals surface area contributed by atoms with Crippen LogP contribution in [0.1, 0.15) is 45.7 Å². The lowest BCUT2D eigenvalue weighted by molar-refractivity contribution is 0.592. The minimum absolute atomic E-state index is 0.229. The quantitative estimate of drug-likeness (QED) is 0.163. The van der Waals surface area contributed by atoms with Gasteiger partial charge in [0.15, 0.2) is 0 Å². The number of allylic oxidation sites excluding steroid dienone is 3. The van der Waals surface area contributed by atoms with Crippen molar-refractivity contribution in [2.75, 3.05) is 32.7 Å². The molecule has 0 fully saturated rings. The zero-order valence-electron chi connectivity index (χ0n) is 24.2. The number of nitrogens with two attached hydrogens (primary N) is 1. The molecule has 1 unspecified atom stereocenters. The lowest BCUT2D eigenvalue weighted by atomic mass is 10.0. The van der Waals surface area contributed by atoms with Crippen LogP contribution in [0.15, 0.2) is 71.5 Å². The summed E-state index contributed by atoms with van der Waals surface area (Å²) in [6.07, 6.45) is 9.98. The fraction of sp³-hybridized carbons (Fsp3) is 0.414. The molecule has 0 amide bonds. The van der Waals surface area contributed by atoms with Crippen molar-refractivity contribution in [1.29, 1.82) is 5.41 Å². The third kappa shape index (κ3) is 16.6. The number of rotatable bonds is 10. The van der Waals surface area contributed by atoms with Gasteiger partial charge in [0.05, 0.1) is 11.7 Å². The van der Waals surface area contributed by atoms with Crippen molar-refractivity contribution < 1.29 is 4.39 Å². The molecule has 0 aliphatic carbocycles. The van der Waals surface area contributed by atoms with Gasteiger partial charge in [-0.3, -0.25) is 10.0 Å². The summed E-state index contributed by atoms with van der Waals surface area (Å²) in [7, 11) is 5.21. The third-order valence-electron chi connectivity index (χ3n) is 4.96. The van der Waals surface area contributed by atoms with Gasteiger partial charge in [-0.1, -0.05) is 60.5 Å². The number of aromatic nitrogens is 1. The first-order valence-corrected chi connectivity index (χ1v) is 12.9. The fourth-order valence-electron chi connectivity index (χ4n) is 3.06. The second-order valence-corrected chi connectivity index (χ2v) is 8.34. The lowest BCUT2D eigenvalue weighted by Gasteiger charge is -2.25. The standard InChI is InChI=1S/C17H20ClFN4.C9H17N.C2H5N.CH5N/c1-13(18)21-11-9-14-7-5-10-22-17(14)23(20-2)12-15-6-3-4-8-16(15)19;1-5-6-8(2)9(3)7-10-4;1-2-3;1-2/h3-8,10,20H,9,11-12H2,1-2H3;5-8,10H,1-4H3;2-3H,1H3;2H2,1H3/b;6-5-,9-7+;;. The van der Waals surface area contributed by atoms with Crippen LogP contribution in [0.2, 0.25) is 0 Å². The first kappa shape index (κ1) is 37.1.